The van der Waals surface area contributed by atoms with Crippen LogP contribution in [0.25, 0.3) is 10.9 Å². The molecule has 0 spiro atoms. The van der Waals surface area contributed by atoms with Gasteiger partial charge in [0.15, 0.2) is 5.96 Å². The van der Waals surface area contributed by atoms with E-state index >= 15 is 0 Å². The van der Waals surface area contributed by atoms with Crippen molar-refractivity contribution < 1.29 is 22.7 Å². The number of rotatable bonds is 6. The maximum atomic E-state index is 13.5. The summed E-state index contributed by atoms with van der Waals surface area (Å²) in [6, 6.07) is 3.45. The summed E-state index contributed by atoms with van der Waals surface area (Å²) in [5.41, 5.74) is 4.37. The second-order valence-corrected chi connectivity index (χ2v) is 6.37. The van der Waals surface area contributed by atoms with Gasteiger partial charge >= 0.3 is 6.18 Å². The van der Waals surface area contributed by atoms with Gasteiger partial charge in [0.05, 0.1) is 17.7 Å². The highest BCUT2D eigenvalue weighted by Crippen LogP contribution is 2.38. The normalized spacial score (nSPS) is 11.4. The number of fused-ring (bicyclic) bond motifs is 1. The molecule has 0 radical (unpaired) electrons. The lowest BCUT2D eigenvalue weighted by molar-refractivity contribution is -0.136. The smallest absolute Gasteiger partial charge is 0.417 e. The second-order valence-electron chi connectivity index (χ2n) is 6.37. The van der Waals surface area contributed by atoms with Crippen LogP contribution in [0.3, 0.4) is 0 Å². The number of aromatic amines is 1. The van der Waals surface area contributed by atoms with Gasteiger partial charge in [-0.1, -0.05) is 0 Å². The number of amides is 1. The third-order valence-corrected chi connectivity index (χ3v) is 3.93. The van der Waals surface area contributed by atoms with Gasteiger partial charge < -0.3 is 20.4 Å². The fraction of sp³-hybridized carbons (Fsp3) is 0.412. The highest BCUT2D eigenvalue weighted by molar-refractivity contribution is 6.06. The van der Waals surface area contributed by atoms with Crippen molar-refractivity contribution >= 4 is 35.2 Å². The molecule has 2 aromatic rings. The SMILES string of the molecule is CN(C)CCCOc1cc(C(F)(F)F)c2cc(C(=O)N(C)C(=N)N)[nH]c2c1.Cl. The zero-order chi connectivity index (χ0) is 20.4. The van der Waals surface area contributed by atoms with Gasteiger partial charge in [-0.3, -0.25) is 15.1 Å². The van der Waals surface area contributed by atoms with Gasteiger partial charge in [-0.05, 0) is 32.6 Å². The van der Waals surface area contributed by atoms with Crippen LogP contribution in [0.1, 0.15) is 22.5 Å². The van der Waals surface area contributed by atoms with Gasteiger partial charge in [0.1, 0.15) is 11.4 Å². The number of H-pyrrole nitrogens is 1. The van der Waals surface area contributed by atoms with Crippen molar-refractivity contribution in [3.8, 4) is 5.75 Å². The van der Waals surface area contributed by atoms with E-state index in [1.54, 1.807) is 0 Å². The Labute approximate surface area is 166 Å². The summed E-state index contributed by atoms with van der Waals surface area (Å²) in [6.07, 6.45) is -3.96. The molecule has 0 unspecified atom stereocenters. The Morgan fingerprint density at radius 2 is 1.89 bits per heavy atom. The number of aromatic nitrogens is 1. The van der Waals surface area contributed by atoms with E-state index in [1.165, 1.54) is 13.1 Å². The third-order valence-electron chi connectivity index (χ3n) is 3.93. The average Bonchev–Trinajstić information content (AvgIpc) is 2.99. The summed E-state index contributed by atoms with van der Waals surface area (Å²) in [7, 11) is 5.05. The minimum Gasteiger partial charge on any atom is -0.493 e. The quantitative estimate of drug-likeness (QED) is 0.379. The minimum absolute atomic E-state index is 0. The summed E-state index contributed by atoms with van der Waals surface area (Å²) in [6.45, 7) is 1.01. The maximum absolute atomic E-state index is 13.5. The highest BCUT2D eigenvalue weighted by atomic mass is 35.5. The Balaban J connectivity index is 0.00000392. The largest absolute Gasteiger partial charge is 0.493 e. The van der Waals surface area contributed by atoms with Crippen LogP contribution >= 0.6 is 12.4 Å². The first-order chi connectivity index (χ1) is 12.5. The molecule has 4 N–H and O–H groups in total. The summed E-state index contributed by atoms with van der Waals surface area (Å²) >= 11 is 0. The molecule has 28 heavy (non-hydrogen) atoms. The molecule has 1 aromatic heterocycles. The number of guanidine groups is 1. The highest BCUT2D eigenvalue weighted by Gasteiger charge is 2.34. The molecule has 7 nitrogen and oxygen atoms in total. The number of nitrogens with zero attached hydrogens (tertiary/aromatic N) is 2. The number of alkyl halides is 3. The first kappa shape index (κ1) is 23.6. The first-order valence-electron chi connectivity index (χ1n) is 8.14. The molecule has 0 bridgehead atoms. The molecule has 0 aliphatic carbocycles. The molecule has 0 saturated carbocycles. The molecular weight excluding hydrogens is 399 g/mol. The predicted octanol–water partition coefficient (Wildman–Crippen LogP) is 2.90. The number of benzene rings is 1. The van der Waals surface area contributed by atoms with Gasteiger partial charge in [0, 0.05) is 25.0 Å². The Morgan fingerprint density at radius 1 is 1.25 bits per heavy atom. The van der Waals surface area contributed by atoms with E-state index < -0.39 is 23.6 Å². The van der Waals surface area contributed by atoms with Gasteiger partial charge in [-0.25, -0.2) is 0 Å². The van der Waals surface area contributed by atoms with E-state index in [4.69, 9.17) is 15.9 Å². The molecule has 156 valence electrons. The van der Waals surface area contributed by atoms with E-state index in [2.05, 4.69) is 4.98 Å². The Hall–Kier alpha value is -2.46. The summed E-state index contributed by atoms with van der Waals surface area (Å²) < 4.78 is 45.9. The fourth-order valence-corrected chi connectivity index (χ4v) is 2.51. The topological polar surface area (TPSA) is 98.4 Å². The first-order valence-corrected chi connectivity index (χ1v) is 8.14. The zero-order valence-corrected chi connectivity index (χ0v) is 16.5. The average molecular weight is 422 g/mol. The van der Waals surface area contributed by atoms with E-state index in [0.717, 1.165) is 23.6 Å². The molecule has 1 aromatic carbocycles. The lowest BCUT2D eigenvalue weighted by Gasteiger charge is -2.13. The number of carbonyl (C=O) groups is 1. The molecule has 0 aliphatic heterocycles. The summed E-state index contributed by atoms with van der Waals surface area (Å²) in [5.74, 6) is -1.16. The zero-order valence-electron chi connectivity index (χ0n) is 15.7. The molecule has 0 atom stereocenters. The van der Waals surface area contributed by atoms with Crippen LogP contribution in [0.15, 0.2) is 18.2 Å². The predicted molar refractivity (Wildman–Crippen MR) is 103 cm³/mol. The molecule has 0 saturated heterocycles. The maximum Gasteiger partial charge on any atom is 0.417 e. The van der Waals surface area contributed by atoms with Gasteiger partial charge in [0.25, 0.3) is 5.91 Å². The van der Waals surface area contributed by atoms with Crippen molar-refractivity contribution in [2.24, 2.45) is 5.73 Å². The lowest BCUT2D eigenvalue weighted by atomic mass is 10.1. The van der Waals surface area contributed by atoms with Gasteiger partial charge in [-0.2, -0.15) is 13.2 Å². The van der Waals surface area contributed by atoms with Crippen molar-refractivity contribution in [2.75, 3.05) is 34.3 Å². The Bertz CT molecular complexity index is 851. The van der Waals surface area contributed by atoms with Crippen LogP contribution in [0, 0.1) is 5.41 Å². The summed E-state index contributed by atoms with van der Waals surface area (Å²) in [5, 5.41) is 7.13. The molecule has 0 aliphatic rings. The van der Waals surface area contributed by atoms with Crippen LogP contribution in [-0.2, 0) is 6.18 Å². The Morgan fingerprint density at radius 3 is 2.43 bits per heavy atom. The number of nitrogens with one attached hydrogen (secondary N) is 2. The lowest BCUT2D eigenvalue weighted by Crippen LogP contribution is -2.38. The van der Waals surface area contributed by atoms with Gasteiger partial charge in [0.2, 0.25) is 0 Å². The molecule has 2 rings (SSSR count). The van der Waals surface area contributed by atoms with E-state index in [1.807, 2.05) is 19.0 Å². The van der Waals surface area contributed by atoms with Crippen molar-refractivity contribution in [2.45, 2.75) is 12.6 Å². The molecule has 1 heterocycles. The van der Waals surface area contributed by atoms with Crippen molar-refractivity contribution in [1.29, 1.82) is 5.41 Å². The number of carbonyl (C=O) groups excluding carboxylic acids is 1. The second kappa shape index (κ2) is 9.16. The monoisotopic (exact) mass is 421 g/mol. The number of halogens is 4. The van der Waals surface area contributed by atoms with E-state index in [9.17, 15) is 18.0 Å². The van der Waals surface area contributed by atoms with Crippen molar-refractivity contribution in [3.05, 3.63) is 29.5 Å². The standard InChI is InChI=1S/C17H22F3N5O2.ClH/c1-24(2)5-4-6-27-10-7-12(17(18,19)20)11-9-14(23-13(11)8-10)15(26)25(3)16(21)22;/h7-9,23H,4-6H2,1-3H3,(H3,21,22);1H. The molecule has 1 amide bonds. The molecular formula is C17H23ClF3N5O2. The third kappa shape index (κ3) is 5.52. The van der Waals surface area contributed by atoms with Crippen molar-refractivity contribution in [3.63, 3.8) is 0 Å². The number of ether oxygens (including phenoxy) is 1. The summed E-state index contributed by atoms with van der Waals surface area (Å²) in [4.78, 5) is 17.7. The Kier molecular flexibility index (Phi) is 7.71. The van der Waals surface area contributed by atoms with Crippen LogP contribution in [-0.4, -0.2) is 60.9 Å². The van der Waals surface area contributed by atoms with E-state index in [-0.39, 0.29) is 41.4 Å². The molecule has 11 heteroatoms. The van der Waals surface area contributed by atoms with Crippen LogP contribution < -0.4 is 10.5 Å². The van der Waals surface area contributed by atoms with Crippen LogP contribution in [0.4, 0.5) is 13.2 Å². The molecule has 0 fully saturated rings. The van der Waals surface area contributed by atoms with Gasteiger partial charge in [-0.15, -0.1) is 12.4 Å². The van der Waals surface area contributed by atoms with Crippen LogP contribution in [0.5, 0.6) is 5.75 Å². The van der Waals surface area contributed by atoms with Crippen molar-refractivity contribution in [1.82, 2.24) is 14.8 Å². The minimum atomic E-state index is -4.61. The number of nitrogens with two attached hydrogens (primary N) is 1. The van der Waals surface area contributed by atoms with Crippen LogP contribution in [0.2, 0.25) is 0 Å². The van der Waals surface area contributed by atoms with E-state index in [0.29, 0.717) is 6.42 Å². The fourth-order valence-electron chi connectivity index (χ4n) is 2.51. The number of hydrogen-bond donors (Lipinski definition) is 3. The number of hydrogen-bond acceptors (Lipinski definition) is 4.